The maximum absolute atomic E-state index is 11.4. The third kappa shape index (κ3) is 4.36. The van der Waals surface area contributed by atoms with Crippen molar-refractivity contribution >= 4 is 20.4 Å². The van der Waals surface area contributed by atoms with E-state index in [1.54, 1.807) is 6.92 Å². The van der Waals surface area contributed by atoms with Crippen molar-refractivity contribution in [2.75, 3.05) is 21.3 Å². The van der Waals surface area contributed by atoms with E-state index >= 15 is 0 Å². The van der Waals surface area contributed by atoms with Gasteiger partial charge in [-0.3, -0.25) is 9.59 Å². The summed E-state index contributed by atoms with van der Waals surface area (Å²) in [5, 5.41) is 0. The quantitative estimate of drug-likeness (QED) is 0.363. The van der Waals surface area contributed by atoms with Crippen molar-refractivity contribution in [2.24, 2.45) is 0 Å². The minimum Gasteiger partial charge on any atom is -0.377 e. The Balaban J connectivity index is 4.32. The molecule has 0 N–H and O–H groups in total. The molecule has 0 aliphatic carbocycles. The first kappa shape index (κ1) is 15.2. The molecule has 16 heavy (non-hydrogen) atoms. The van der Waals surface area contributed by atoms with Crippen LogP contribution in [0.1, 0.15) is 13.3 Å². The topological polar surface area (TPSA) is 61.8 Å². The van der Waals surface area contributed by atoms with Crippen LogP contribution in [0.3, 0.4) is 0 Å². The molecule has 5 nitrogen and oxygen atoms in total. The van der Waals surface area contributed by atoms with Crippen molar-refractivity contribution in [1.82, 2.24) is 0 Å². The molecule has 0 bridgehead atoms. The zero-order chi connectivity index (χ0) is 12.6. The van der Waals surface area contributed by atoms with E-state index in [2.05, 4.69) is 0 Å². The summed E-state index contributed by atoms with van der Waals surface area (Å²) in [5.74, 6) is -0.963. The summed E-state index contributed by atoms with van der Waals surface area (Å²) in [6.07, 6.45) is 2.86. The zero-order valence-corrected chi connectivity index (χ0v) is 11.1. The van der Waals surface area contributed by atoms with Gasteiger partial charge < -0.3 is 13.3 Å². The molecule has 0 rings (SSSR count). The molecule has 0 aliphatic heterocycles. The SMILES string of the molecule is CC=CC(=O)C(=O)CC[Si](OC)(OC)OC. The van der Waals surface area contributed by atoms with Crippen LogP contribution in [-0.2, 0) is 22.9 Å². The number of carbonyl (C=O) groups excluding carboxylic acids is 2. The first-order chi connectivity index (χ1) is 7.55. The molecule has 0 aromatic heterocycles. The summed E-state index contributed by atoms with van der Waals surface area (Å²) < 4.78 is 15.4. The van der Waals surface area contributed by atoms with Crippen LogP contribution < -0.4 is 0 Å². The highest BCUT2D eigenvalue weighted by Crippen LogP contribution is 2.15. The van der Waals surface area contributed by atoms with Gasteiger partial charge in [0, 0.05) is 33.8 Å². The second-order valence-corrected chi connectivity index (χ2v) is 6.17. The van der Waals surface area contributed by atoms with Crippen molar-refractivity contribution in [3.05, 3.63) is 12.2 Å². The molecule has 0 radical (unpaired) electrons. The van der Waals surface area contributed by atoms with E-state index in [-0.39, 0.29) is 6.42 Å². The molecule has 0 saturated heterocycles. The Morgan fingerprint density at radius 1 is 1.12 bits per heavy atom. The number of hydrogen-bond acceptors (Lipinski definition) is 5. The fourth-order valence-corrected chi connectivity index (χ4v) is 2.84. The Bertz CT molecular complexity index is 262. The van der Waals surface area contributed by atoms with Crippen molar-refractivity contribution in [3.63, 3.8) is 0 Å². The van der Waals surface area contributed by atoms with E-state index in [9.17, 15) is 9.59 Å². The van der Waals surface area contributed by atoms with Gasteiger partial charge in [-0.1, -0.05) is 6.08 Å². The lowest BCUT2D eigenvalue weighted by Gasteiger charge is -2.23. The van der Waals surface area contributed by atoms with Gasteiger partial charge in [0.25, 0.3) is 0 Å². The second-order valence-electron chi connectivity index (χ2n) is 3.08. The summed E-state index contributed by atoms with van der Waals surface area (Å²) in [5.41, 5.74) is 0. The van der Waals surface area contributed by atoms with Crippen LogP contribution >= 0.6 is 0 Å². The first-order valence-electron chi connectivity index (χ1n) is 4.90. The van der Waals surface area contributed by atoms with Gasteiger partial charge in [-0.2, -0.15) is 0 Å². The summed E-state index contributed by atoms with van der Waals surface area (Å²) in [7, 11) is 1.66. The highest BCUT2D eigenvalue weighted by atomic mass is 28.4. The number of Topliss-reactive ketones (excluding diaryl/α,β-unsaturated/α-hetero) is 1. The largest absolute Gasteiger partial charge is 0.500 e. The van der Waals surface area contributed by atoms with Crippen molar-refractivity contribution in [2.45, 2.75) is 19.4 Å². The molecule has 0 spiro atoms. The Morgan fingerprint density at radius 2 is 1.62 bits per heavy atom. The monoisotopic (exact) mass is 246 g/mol. The van der Waals surface area contributed by atoms with E-state index in [4.69, 9.17) is 13.3 Å². The van der Waals surface area contributed by atoms with Gasteiger partial charge in [0.05, 0.1) is 0 Å². The molecule has 0 fully saturated rings. The number of rotatable bonds is 8. The van der Waals surface area contributed by atoms with Gasteiger partial charge in [-0.05, 0) is 13.0 Å². The molecule has 0 atom stereocenters. The van der Waals surface area contributed by atoms with Gasteiger partial charge in [-0.25, -0.2) is 0 Å². The maximum Gasteiger partial charge on any atom is 0.500 e. The fourth-order valence-electron chi connectivity index (χ4n) is 1.19. The van der Waals surface area contributed by atoms with Crippen LogP contribution in [0, 0.1) is 0 Å². The van der Waals surface area contributed by atoms with Crippen LogP contribution in [0.2, 0.25) is 6.04 Å². The molecule has 0 aliphatic rings. The summed E-state index contributed by atoms with van der Waals surface area (Å²) in [6.45, 7) is 1.68. The third-order valence-corrected chi connectivity index (χ3v) is 4.91. The summed E-state index contributed by atoms with van der Waals surface area (Å²) in [6, 6.07) is 0.304. The van der Waals surface area contributed by atoms with E-state index in [1.807, 2.05) is 0 Å². The molecule has 92 valence electrons. The highest BCUT2D eigenvalue weighted by molar-refractivity contribution is 6.61. The zero-order valence-electron chi connectivity index (χ0n) is 10.1. The molecular weight excluding hydrogens is 228 g/mol. The van der Waals surface area contributed by atoms with E-state index in [1.165, 1.54) is 33.5 Å². The summed E-state index contributed by atoms with van der Waals surface area (Å²) >= 11 is 0. The van der Waals surface area contributed by atoms with Crippen molar-refractivity contribution in [3.8, 4) is 0 Å². The Hall–Kier alpha value is -0.823. The second kappa shape index (κ2) is 7.45. The van der Waals surface area contributed by atoms with Gasteiger partial charge in [0.1, 0.15) is 0 Å². The molecule has 0 unspecified atom stereocenters. The molecule has 0 aromatic carbocycles. The number of allylic oxidation sites excluding steroid dienone is 2. The molecule has 0 amide bonds. The van der Waals surface area contributed by atoms with Crippen LogP contribution in [0.25, 0.3) is 0 Å². The normalized spacial score (nSPS) is 12.0. The predicted octanol–water partition coefficient (Wildman–Crippen LogP) is 0.969. The Morgan fingerprint density at radius 3 is 2.00 bits per heavy atom. The molecular formula is C10H18O5Si. The third-order valence-electron chi connectivity index (χ3n) is 2.18. The molecule has 6 heteroatoms. The lowest BCUT2D eigenvalue weighted by molar-refractivity contribution is -0.133. The minimum absolute atomic E-state index is 0.0743. The average molecular weight is 246 g/mol. The van der Waals surface area contributed by atoms with Crippen molar-refractivity contribution in [1.29, 1.82) is 0 Å². The van der Waals surface area contributed by atoms with Gasteiger partial charge in [0.2, 0.25) is 11.6 Å². The Labute approximate surface area is 96.7 Å². The molecule has 0 heterocycles. The number of ketones is 2. The molecule has 0 saturated carbocycles. The van der Waals surface area contributed by atoms with Gasteiger partial charge in [-0.15, -0.1) is 0 Å². The van der Waals surface area contributed by atoms with E-state index in [0.29, 0.717) is 6.04 Å². The van der Waals surface area contributed by atoms with Crippen LogP contribution in [0.5, 0.6) is 0 Å². The average Bonchev–Trinajstić information content (AvgIpc) is 2.31. The smallest absolute Gasteiger partial charge is 0.377 e. The van der Waals surface area contributed by atoms with Crippen molar-refractivity contribution < 1.29 is 22.9 Å². The van der Waals surface area contributed by atoms with Crippen LogP contribution in [-0.4, -0.2) is 41.7 Å². The Kier molecular flexibility index (Phi) is 7.07. The highest BCUT2D eigenvalue weighted by Gasteiger charge is 2.38. The summed E-state index contributed by atoms with van der Waals surface area (Å²) in [4.78, 5) is 22.6. The van der Waals surface area contributed by atoms with E-state index < -0.39 is 20.4 Å². The van der Waals surface area contributed by atoms with Crippen LogP contribution in [0.15, 0.2) is 12.2 Å². The van der Waals surface area contributed by atoms with Gasteiger partial charge >= 0.3 is 8.80 Å². The lowest BCUT2D eigenvalue weighted by Crippen LogP contribution is -2.43. The fraction of sp³-hybridized carbons (Fsp3) is 0.600. The standard InChI is InChI=1S/C10H18O5Si/c1-5-6-9(11)10(12)7-8-16(13-2,14-3)15-4/h5-6H,7-8H2,1-4H3. The lowest BCUT2D eigenvalue weighted by atomic mass is 10.2. The van der Waals surface area contributed by atoms with Gasteiger partial charge in [0.15, 0.2) is 0 Å². The molecule has 0 aromatic rings. The first-order valence-corrected chi connectivity index (χ1v) is 6.83. The van der Waals surface area contributed by atoms with E-state index in [0.717, 1.165) is 0 Å². The minimum atomic E-state index is -2.75. The maximum atomic E-state index is 11.4. The number of hydrogen-bond donors (Lipinski definition) is 0. The number of carbonyl (C=O) groups is 2. The van der Waals surface area contributed by atoms with Crippen LogP contribution in [0.4, 0.5) is 0 Å². The predicted molar refractivity (Wildman–Crippen MR) is 61.0 cm³/mol.